The number of benzene rings is 1. The van der Waals surface area contributed by atoms with Gasteiger partial charge in [-0.3, -0.25) is 4.79 Å². The van der Waals surface area contributed by atoms with Crippen LogP contribution in [0.4, 0.5) is 0 Å². The molecule has 1 heterocycles. The normalized spacial score (nSPS) is 25.9. The summed E-state index contributed by atoms with van der Waals surface area (Å²) in [6, 6.07) is 10.5. The van der Waals surface area contributed by atoms with Crippen molar-refractivity contribution in [2.45, 2.75) is 50.2 Å². The minimum atomic E-state index is -0.500. The lowest BCUT2D eigenvalue weighted by atomic mass is 9.82. The van der Waals surface area contributed by atoms with Crippen molar-refractivity contribution in [1.82, 2.24) is 4.90 Å². The van der Waals surface area contributed by atoms with Crippen molar-refractivity contribution in [2.75, 3.05) is 13.7 Å². The first-order chi connectivity index (χ1) is 9.71. The highest BCUT2D eigenvalue weighted by molar-refractivity contribution is 5.86. The number of carbonyl (C=O) groups is 1. The molecule has 1 saturated carbocycles. The van der Waals surface area contributed by atoms with Gasteiger partial charge < -0.3 is 9.64 Å². The number of amides is 1. The molecule has 1 saturated heterocycles. The van der Waals surface area contributed by atoms with Crippen molar-refractivity contribution in [3.8, 4) is 0 Å². The average molecular weight is 273 g/mol. The minimum absolute atomic E-state index is 0.164. The molecule has 108 valence electrons. The van der Waals surface area contributed by atoms with Crippen LogP contribution in [0.1, 0.15) is 37.7 Å². The molecule has 0 radical (unpaired) electrons. The fourth-order valence-corrected chi connectivity index (χ4v) is 3.48. The van der Waals surface area contributed by atoms with Gasteiger partial charge in [0.1, 0.15) is 5.60 Å². The summed E-state index contributed by atoms with van der Waals surface area (Å²) in [4.78, 5) is 14.6. The molecule has 1 atom stereocenters. The molecule has 3 heteroatoms. The van der Waals surface area contributed by atoms with E-state index in [1.165, 1.54) is 12.0 Å². The molecule has 0 bridgehead atoms. The van der Waals surface area contributed by atoms with E-state index in [4.69, 9.17) is 4.74 Å². The van der Waals surface area contributed by atoms with Crippen molar-refractivity contribution in [1.29, 1.82) is 0 Å². The number of nitrogens with zero attached hydrogens (tertiary/aromatic N) is 1. The largest absolute Gasteiger partial charge is 0.363 e. The minimum Gasteiger partial charge on any atom is -0.363 e. The van der Waals surface area contributed by atoms with E-state index < -0.39 is 5.60 Å². The van der Waals surface area contributed by atoms with Crippen LogP contribution in [0.15, 0.2) is 30.3 Å². The zero-order valence-electron chi connectivity index (χ0n) is 12.2. The summed E-state index contributed by atoms with van der Waals surface area (Å²) in [7, 11) is 1.94. The van der Waals surface area contributed by atoms with E-state index in [9.17, 15) is 4.79 Å². The number of hydrogen-bond acceptors (Lipinski definition) is 2. The van der Waals surface area contributed by atoms with Crippen LogP contribution in [0, 0.1) is 0 Å². The number of carbonyl (C=O) groups excluding carboxylic acids is 1. The van der Waals surface area contributed by atoms with Crippen molar-refractivity contribution in [3.05, 3.63) is 35.9 Å². The van der Waals surface area contributed by atoms with Crippen molar-refractivity contribution >= 4 is 5.91 Å². The molecule has 1 amide bonds. The molecule has 0 N–H and O–H groups in total. The van der Waals surface area contributed by atoms with Gasteiger partial charge in [-0.1, -0.05) is 49.6 Å². The molecule has 2 aliphatic rings. The molecule has 2 fully saturated rings. The highest BCUT2D eigenvalue weighted by Crippen LogP contribution is 2.36. The Balaban J connectivity index is 1.70. The topological polar surface area (TPSA) is 29.5 Å². The Morgan fingerprint density at radius 3 is 2.60 bits per heavy atom. The fourth-order valence-electron chi connectivity index (χ4n) is 3.48. The number of ether oxygens (including phenoxy) is 1. The first-order valence-electron chi connectivity index (χ1n) is 7.66. The molecule has 1 aliphatic heterocycles. The molecular weight excluding hydrogens is 250 g/mol. The number of likely N-dealkylation sites (N-methyl/N-ethyl adjacent to an activating group) is 1. The SMILES string of the molecule is CN1C(=O)C2(CCCCC2)OC[C@@H]1Cc1ccccc1. The van der Waals surface area contributed by atoms with Crippen molar-refractivity contribution < 1.29 is 9.53 Å². The molecule has 1 aromatic rings. The maximum atomic E-state index is 12.7. The fraction of sp³-hybridized carbons (Fsp3) is 0.588. The van der Waals surface area contributed by atoms with Gasteiger partial charge in [-0.05, 0) is 24.8 Å². The average Bonchev–Trinajstić information content (AvgIpc) is 2.50. The van der Waals surface area contributed by atoms with Gasteiger partial charge in [-0.25, -0.2) is 0 Å². The Labute approximate surface area is 120 Å². The number of morpholine rings is 1. The van der Waals surface area contributed by atoms with Crippen LogP contribution in [0.25, 0.3) is 0 Å². The van der Waals surface area contributed by atoms with Gasteiger partial charge in [0.05, 0.1) is 12.6 Å². The lowest BCUT2D eigenvalue weighted by molar-refractivity contribution is -0.183. The van der Waals surface area contributed by atoms with E-state index in [1.54, 1.807) is 0 Å². The maximum Gasteiger partial charge on any atom is 0.254 e. The summed E-state index contributed by atoms with van der Waals surface area (Å²) in [5.74, 6) is 0.199. The van der Waals surface area contributed by atoms with E-state index in [0.717, 1.165) is 32.1 Å². The molecular formula is C17H23NO2. The number of hydrogen-bond donors (Lipinski definition) is 0. The molecule has 1 aliphatic carbocycles. The van der Waals surface area contributed by atoms with E-state index in [1.807, 2.05) is 30.1 Å². The smallest absolute Gasteiger partial charge is 0.254 e. The summed E-state index contributed by atoms with van der Waals surface area (Å²) in [6.45, 7) is 0.664. The monoisotopic (exact) mass is 273 g/mol. The van der Waals surface area contributed by atoms with Crippen LogP contribution in [-0.4, -0.2) is 36.1 Å². The molecule has 0 aromatic heterocycles. The van der Waals surface area contributed by atoms with Gasteiger partial charge in [-0.15, -0.1) is 0 Å². The summed E-state index contributed by atoms with van der Waals surface area (Å²) < 4.78 is 6.08. The molecule has 20 heavy (non-hydrogen) atoms. The quantitative estimate of drug-likeness (QED) is 0.829. The Hall–Kier alpha value is -1.35. The third-order valence-electron chi connectivity index (χ3n) is 4.79. The number of rotatable bonds is 2. The zero-order valence-corrected chi connectivity index (χ0v) is 12.2. The summed E-state index contributed by atoms with van der Waals surface area (Å²) >= 11 is 0. The second kappa shape index (κ2) is 5.57. The second-order valence-corrected chi connectivity index (χ2v) is 6.13. The molecule has 3 nitrogen and oxygen atoms in total. The third-order valence-corrected chi connectivity index (χ3v) is 4.79. The Morgan fingerprint density at radius 1 is 1.20 bits per heavy atom. The molecule has 1 spiro atoms. The maximum absolute atomic E-state index is 12.7. The van der Waals surface area contributed by atoms with E-state index in [-0.39, 0.29) is 11.9 Å². The summed E-state index contributed by atoms with van der Waals surface area (Å²) in [5, 5.41) is 0. The molecule has 0 unspecified atom stereocenters. The van der Waals surface area contributed by atoms with E-state index in [0.29, 0.717) is 6.61 Å². The zero-order chi connectivity index (χ0) is 14.0. The van der Waals surface area contributed by atoms with Gasteiger partial charge in [-0.2, -0.15) is 0 Å². The molecule has 1 aromatic carbocycles. The lowest BCUT2D eigenvalue weighted by Gasteiger charge is -2.46. The van der Waals surface area contributed by atoms with Gasteiger partial charge in [0.2, 0.25) is 0 Å². The van der Waals surface area contributed by atoms with Crippen molar-refractivity contribution in [3.63, 3.8) is 0 Å². The predicted octanol–water partition coefficient (Wildman–Crippen LogP) is 2.79. The van der Waals surface area contributed by atoms with Gasteiger partial charge >= 0.3 is 0 Å². The van der Waals surface area contributed by atoms with E-state index in [2.05, 4.69) is 12.1 Å². The van der Waals surface area contributed by atoms with Crippen molar-refractivity contribution in [2.24, 2.45) is 0 Å². The second-order valence-electron chi connectivity index (χ2n) is 6.13. The standard InChI is InChI=1S/C17H23NO2/c1-18-15(12-14-8-4-2-5-9-14)13-20-17(16(18)19)10-6-3-7-11-17/h2,4-5,8-9,15H,3,6-7,10-13H2,1H3/t15-/m0/s1. The highest BCUT2D eigenvalue weighted by atomic mass is 16.5. The predicted molar refractivity (Wildman–Crippen MR) is 78.5 cm³/mol. The Bertz CT molecular complexity index is 465. The lowest BCUT2D eigenvalue weighted by Crippen LogP contribution is -2.60. The van der Waals surface area contributed by atoms with Gasteiger partial charge in [0, 0.05) is 7.05 Å². The summed E-state index contributed by atoms with van der Waals surface area (Å²) in [5.41, 5.74) is 0.764. The van der Waals surface area contributed by atoms with Crippen LogP contribution < -0.4 is 0 Å². The highest BCUT2D eigenvalue weighted by Gasteiger charge is 2.47. The third kappa shape index (κ3) is 2.47. The van der Waals surface area contributed by atoms with Gasteiger partial charge in [0.25, 0.3) is 5.91 Å². The molecule has 3 rings (SSSR count). The first-order valence-corrected chi connectivity index (χ1v) is 7.66. The Morgan fingerprint density at radius 2 is 1.90 bits per heavy atom. The van der Waals surface area contributed by atoms with E-state index >= 15 is 0 Å². The Kier molecular flexibility index (Phi) is 3.79. The summed E-state index contributed by atoms with van der Waals surface area (Å²) in [6.07, 6.45) is 6.13. The van der Waals surface area contributed by atoms with Crippen LogP contribution in [0.2, 0.25) is 0 Å². The first kappa shape index (κ1) is 13.6. The van der Waals surface area contributed by atoms with Crippen LogP contribution in [0.5, 0.6) is 0 Å². The van der Waals surface area contributed by atoms with Crippen LogP contribution in [0.3, 0.4) is 0 Å². The van der Waals surface area contributed by atoms with Gasteiger partial charge in [0.15, 0.2) is 0 Å². The van der Waals surface area contributed by atoms with Crippen LogP contribution in [-0.2, 0) is 16.0 Å². The van der Waals surface area contributed by atoms with Crippen LogP contribution >= 0.6 is 0 Å².